The molecule has 1 aromatic rings. The van der Waals surface area contributed by atoms with Gasteiger partial charge in [0.2, 0.25) is 0 Å². The molecule has 1 heterocycles. The highest BCUT2D eigenvalue weighted by atomic mass is 16.4. The summed E-state index contributed by atoms with van der Waals surface area (Å²) in [6.07, 6.45) is 4.70. The zero-order chi connectivity index (χ0) is 15.2. The van der Waals surface area contributed by atoms with Gasteiger partial charge in [0, 0.05) is 18.2 Å². The first-order valence-electron chi connectivity index (χ1n) is 7.58. The van der Waals surface area contributed by atoms with Crippen molar-refractivity contribution >= 4 is 5.84 Å². The average molecular weight is 291 g/mol. The van der Waals surface area contributed by atoms with Gasteiger partial charge < -0.3 is 16.0 Å². The van der Waals surface area contributed by atoms with Gasteiger partial charge in [0.1, 0.15) is 0 Å². The van der Waals surface area contributed by atoms with Crippen molar-refractivity contribution < 1.29 is 10.3 Å². The lowest BCUT2D eigenvalue weighted by molar-refractivity contribution is 0.118. The number of rotatable bonds is 4. The van der Waals surface area contributed by atoms with Crippen molar-refractivity contribution in [1.82, 2.24) is 4.90 Å². The van der Waals surface area contributed by atoms with E-state index in [1.165, 1.54) is 24.8 Å². The summed E-state index contributed by atoms with van der Waals surface area (Å²) in [5.41, 5.74) is 8.70. The largest absolute Gasteiger partial charge is 0.409 e. The van der Waals surface area contributed by atoms with E-state index >= 15 is 0 Å². The van der Waals surface area contributed by atoms with Crippen LogP contribution in [0.2, 0.25) is 0 Å². The third-order valence-corrected chi connectivity index (χ3v) is 4.33. The molecule has 2 rings (SSSR count). The van der Waals surface area contributed by atoms with E-state index in [9.17, 15) is 5.11 Å². The minimum Gasteiger partial charge on any atom is -0.409 e. The Labute approximate surface area is 126 Å². The molecule has 0 bridgehead atoms. The molecule has 1 atom stereocenters. The highest BCUT2D eigenvalue weighted by Gasteiger charge is 2.20. The van der Waals surface area contributed by atoms with Gasteiger partial charge in [-0.15, -0.1) is 0 Å². The number of hydrogen-bond acceptors (Lipinski definition) is 4. The summed E-state index contributed by atoms with van der Waals surface area (Å²) in [7, 11) is 0. The topological polar surface area (TPSA) is 82.1 Å². The van der Waals surface area contributed by atoms with E-state index < -0.39 is 0 Å². The monoisotopic (exact) mass is 291 g/mol. The highest BCUT2D eigenvalue weighted by molar-refractivity contribution is 5.97. The number of aliphatic hydroxyl groups is 1. The molecule has 1 saturated heterocycles. The number of nitrogens with two attached hydrogens (primary N) is 1. The van der Waals surface area contributed by atoms with E-state index in [-0.39, 0.29) is 18.5 Å². The molecule has 21 heavy (non-hydrogen) atoms. The van der Waals surface area contributed by atoms with Crippen molar-refractivity contribution in [3.63, 3.8) is 0 Å². The van der Waals surface area contributed by atoms with Crippen molar-refractivity contribution in [3.8, 4) is 0 Å². The van der Waals surface area contributed by atoms with Crippen LogP contribution in [0, 0.1) is 6.92 Å². The van der Waals surface area contributed by atoms with Gasteiger partial charge in [0.05, 0.1) is 6.61 Å². The van der Waals surface area contributed by atoms with Crippen LogP contribution in [-0.4, -0.2) is 40.2 Å². The quantitative estimate of drug-likeness (QED) is 0.342. The molecule has 0 amide bonds. The zero-order valence-corrected chi connectivity index (χ0v) is 12.6. The maximum Gasteiger partial charge on any atom is 0.170 e. The second kappa shape index (κ2) is 7.43. The van der Waals surface area contributed by atoms with E-state index in [1.54, 1.807) is 0 Å². The van der Waals surface area contributed by atoms with Crippen molar-refractivity contribution in [2.45, 2.75) is 45.2 Å². The minimum atomic E-state index is 0.132. The molecule has 0 saturated carbocycles. The molecule has 0 radical (unpaired) electrons. The van der Waals surface area contributed by atoms with Crippen LogP contribution in [-0.2, 0) is 6.54 Å². The molecule has 0 aromatic heterocycles. The average Bonchev–Trinajstić information content (AvgIpc) is 2.73. The van der Waals surface area contributed by atoms with Crippen LogP contribution in [0.15, 0.2) is 23.4 Å². The summed E-state index contributed by atoms with van der Waals surface area (Å²) in [5.74, 6) is 0.132. The molecule has 0 spiro atoms. The van der Waals surface area contributed by atoms with Gasteiger partial charge in [0.25, 0.3) is 0 Å². The van der Waals surface area contributed by atoms with E-state index in [2.05, 4.69) is 10.1 Å². The number of hydrogen-bond donors (Lipinski definition) is 3. The summed E-state index contributed by atoms with van der Waals surface area (Å²) in [5, 5.41) is 21.3. The van der Waals surface area contributed by atoms with Crippen LogP contribution in [0.25, 0.3) is 0 Å². The molecule has 1 fully saturated rings. The Bertz CT molecular complexity index is 502. The van der Waals surface area contributed by atoms with Crippen LogP contribution in [0.4, 0.5) is 0 Å². The SMILES string of the molecule is Cc1cc(/C(N)=N/O)ccc1CN1CCCCCC1CO. The van der Waals surface area contributed by atoms with Crippen LogP contribution >= 0.6 is 0 Å². The minimum absolute atomic E-state index is 0.132. The molecule has 4 N–H and O–H groups in total. The molecule has 1 aliphatic rings. The molecular formula is C16H25N3O2. The Hall–Kier alpha value is -1.59. The zero-order valence-electron chi connectivity index (χ0n) is 12.6. The van der Waals surface area contributed by atoms with Crippen LogP contribution in [0.1, 0.15) is 42.4 Å². The Morgan fingerprint density at radius 2 is 2.19 bits per heavy atom. The van der Waals surface area contributed by atoms with Crippen LogP contribution in [0.5, 0.6) is 0 Å². The van der Waals surface area contributed by atoms with Gasteiger partial charge in [0.15, 0.2) is 5.84 Å². The summed E-state index contributed by atoms with van der Waals surface area (Å²) in [6, 6.07) is 6.11. The van der Waals surface area contributed by atoms with Crippen molar-refractivity contribution in [2.24, 2.45) is 10.9 Å². The second-order valence-electron chi connectivity index (χ2n) is 5.78. The third-order valence-electron chi connectivity index (χ3n) is 4.33. The van der Waals surface area contributed by atoms with Crippen molar-refractivity contribution in [1.29, 1.82) is 0 Å². The summed E-state index contributed by atoms with van der Waals surface area (Å²) in [4.78, 5) is 2.37. The standard InChI is InChI=1S/C16H25N3O2/c1-12-9-13(16(17)18-21)6-7-14(12)10-19-8-4-2-3-5-15(19)11-20/h6-7,9,15,20-21H,2-5,8,10-11H2,1H3,(H2,17,18). The Kier molecular flexibility index (Phi) is 5.59. The first-order valence-corrected chi connectivity index (χ1v) is 7.58. The number of amidine groups is 1. The summed E-state index contributed by atoms with van der Waals surface area (Å²) >= 11 is 0. The fraction of sp³-hybridized carbons (Fsp3) is 0.562. The third kappa shape index (κ3) is 3.95. The maximum absolute atomic E-state index is 9.58. The number of nitrogens with zero attached hydrogens (tertiary/aromatic N) is 2. The van der Waals surface area contributed by atoms with Gasteiger partial charge in [-0.05, 0) is 43.5 Å². The fourth-order valence-corrected chi connectivity index (χ4v) is 2.96. The Morgan fingerprint density at radius 1 is 1.38 bits per heavy atom. The van der Waals surface area contributed by atoms with E-state index in [1.807, 2.05) is 25.1 Å². The fourth-order valence-electron chi connectivity index (χ4n) is 2.96. The molecule has 5 heteroatoms. The van der Waals surface area contributed by atoms with Gasteiger partial charge in [-0.2, -0.15) is 0 Å². The van der Waals surface area contributed by atoms with E-state index in [0.717, 1.165) is 30.6 Å². The van der Waals surface area contributed by atoms with Crippen LogP contribution in [0.3, 0.4) is 0 Å². The molecule has 116 valence electrons. The molecule has 5 nitrogen and oxygen atoms in total. The lowest BCUT2D eigenvalue weighted by atomic mass is 10.0. The summed E-state index contributed by atoms with van der Waals surface area (Å²) < 4.78 is 0. The van der Waals surface area contributed by atoms with Gasteiger partial charge in [-0.1, -0.05) is 30.1 Å². The van der Waals surface area contributed by atoms with E-state index in [4.69, 9.17) is 10.9 Å². The molecular weight excluding hydrogens is 266 g/mol. The summed E-state index contributed by atoms with van der Waals surface area (Å²) in [6.45, 7) is 4.14. The Morgan fingerprint density at radius 3 is 2.86 bits per heavy atom. The van der Waals surface area contributed by atoms with Crippen LogP contribution < -0.4 is 5.73 Å². The number of benzene rings is 1. The first-order chi connectivity index (χ1) is 10.2. The predicted octanol–water partition coefficient (Wildman–Crippen LogP) is 1.83. The van der Waals surface area contributed by atoms with Gasteiger partial charge in [-0.3, -0.25) is 4.90 Å². The number of oxime groups is 1. The normalized spacial score (nSPS) is 21.2. The first kappa shape index (κ1) is 15.8. The number of aliphatic hydroxyl groups excluding tert-OH is 1. The molecule has 1 aliphatic heterocycles. The number of aryl methyl sites for hydroxylation is 1. The lowest BCUT2D eigenvalue weighted by Gasteiger charge is -2.29. The highest BCUT2D eigenvalue weighted by Crippen LogP contribution is 2.21. The number of likely N-dealkylation sites (tertiary alicyclic amines) is 1. The molecule has 1 unspecified atom stereocenters. The second-order valence-corrected chi connectivity index (χ2v) is 5.78. The molecule has 0 aliphatic carbocycles. The van der Waals surface area contributed by atoms with Crippen molar-refractivity contribution in [2.75, 3.05) is 13.2 Å². The van der Waals surface area contributed by atoms with E-state index in [0.29, 0.717) is 0 Å². The predicted molar refractivity (Wildman–Crippen MR) is 83.4 cm³/mol. The van der Waals surface area contributed by atoms with Crippen molar-refractivity contribution in [3.05, 3.63) is 34.9 Å². The smallest absolute Gasteiger partial charge is 0.170 e. The maximum atomic E-state index is 9.58. The van der Waals surface area contributed by atoms with Gasteiger partial charge in [-0.25, -0.2) is 0 Å². The molecule has 1 aromatic carbocycles. The Balaban J connectivity index is 2.14. The van der Waals surface area contributed by atoms with Gasteiger partial charge >= 0.3 is 0 Å². The lowest BCUT2D eigenvalue weighted by Crippen LogP contribution is -2.37.